The molecule has 0 saturated heterocycles. The van der Waals surface area contributed by atoms with Gasteiger partial charge in [-0.25, -0.2) is 9.97 Å². The summed E-state index contributed by atoms with van der Waals surface area (Å²) < 4.78 is 0. The number of allylic oxidation sites excluding steroid dienone is 1. The van der Waals surface area contributed by atoms with Crippen molar-refractivity contribution in [1.82, 2.24) is 19.9 Å². The predicted octanol–water partition coefficient (Wildman–Crippen LogP) is 11.2. The molecular formula is C46H30N6O2. The molecule has 5 heterocycles. The second-order valence-electron chi connectivity index (χ2n) is 13.0. The Balaban J connectivity index is 1.55. The Kier molecular flexibility index (Phi) is 8.07. The molecule has 0 spiro atoms. The zero-order valence-electron chi connectivity index (χ0n) is 28.8. The van der Waals surface area contributed by atoms with Crippen LogP contribution in [-0.4, -0.2) is 24.9 Å². The van der Waals surface area contributed by atoms with Crippen LogP contribution in [0.2, 0.25) is 0 Å². The van der Waals surface area contributed by atoms with Gasteiger partial charge in [0.05, 0.1) is 40.1 Å². The fourth-order valence-electron chi connectivity index (χ4n) is 7.47. The number of nitro groups is 1. The van der Waals surface area contributed by atoms with Crippen LogP contribution < -0.4 is 0 Å². The first-order chi connectivity index (χ1) is 26.6. The fraction of sp³-hybridized carbons (Fsp3) is 0.0217. The zero-order valence-corrected chi connectivity index (χ0v) is 28.8. The minimum Gasteiger partial charge on any atom is -0.354 e. The molecule has 2 aliphatic heterocycles. The summed E-state index contributed by atoms with van der Waals surface area (Å²) in [4.78, 5) is 30.7. The molecule has 0 radical (unpaired) electrons. The topological polar surface area (TPSA) is 124 Å². The van der Waals surface area contributed by atoms with E-state index in [1.165, 1.54) is 0 Å². The van der Waals surface area contributed by atoms with Crippen LogP contribution in [0.25, 0.3) is 90.0 Å². The molecule has 54 heavy (non-hydrogen) atoms. The number of nitrogens with zero attached hydrogens (tertiary/aromatic N) is 4. The first kappa shape index (κ1) is 32.3. The Bertz CT molecular complexity index is 2870. The monoisotopic (exact) mass is 698 g/mol. The van der Waals surface area contributed by atoms with Gasteiger partial charge in [-0.2, -0.15) is 5.26 Å². The maximum absolute atomic E-state index is 13.3. The summed E-state index contributed by atoms with van der Waals surface area (Å²) in [5, 5.41) is 23.4. The lowest BCUT2D eigenvalue weighted by atomic mass is 9.97. The lowest BCUT2D eigenvalue weighted by Gasteiger charge is -2.07. The van der Waals surface area contributed by atoms with Crippen LogP contribution in [0.3, 0.4) is 0 Å². The number of H-pyrrole nitrogens is 2. The zero-order chi connectivity index (χ0) is 36.6. The molecule has 2 N–H and O–H groups in total. The fourth-order valence-corrected chi connectivity index (χ4v) is 7.47. The van der Waals surface area contributed by atoms with Gasteiger partial charge >= 0.3 is 5.70 Å². The van der Waals surface area contributed by atoms with E-state index in [4.69, 9.17) is 9.97 Å². The largest absolute Gasteiger partial charge is 0.354 e. The van der Waals surface area contributed by atoms with Gasteiger partial charge in [-0.15, -0.1) is 0 Å². The summed E-state index contributed by atoms with van der Waals surface area (Å²) in [6.07, 6.45) is 3.87. The number of hydrogen-bond acceptors (Lipinski definition) is 5. The van der Waals surface area contributed by atoms with Crippen LogP contribution in [0.1, 0.15) is 29.2 Å². The highest BCUT2D eigenvalue weighted by Gasteiger charge is 2.35. The van der Waals surface area contributed by atoms with Crippen molar-refractivity contribution in [2.24, 2.45) is 0 Å². The third-order valence-electron chi connectivity index (χ3n) is 9.78. The van der Waals surface area contributed by atoms with E-state index in [0.29, 0.717) is 27.9 Å². The molecule has 8 nitrogen and oxygen atoms in total. The Morgan fingerprint density at radius 1 is 0.519 bits per heavy atom. The molecular weight excluding hydrogens is 669 g/mol. The number of nitrogens with one attached hydrogen (secondary N) is 2. The molecule has 7 aromatic rings. The average molecular weight is 699 g/mol. The van der Waals surface area contributed by atoms with Gasteiger partial charge in [0, 0.05) is 44.3 Å². The molecule has 4 aromatic carbocycles. The van der Waals surface area contributed by atoms with Crippen molar-refractivity contribution < 1.29 is 4.92 Å². The van der Waals surface area contributed by atoms with Crippen molar-refractivity contribution >= 4 is 45.5 Å². The number of fused-ring (bicyclic) bond motifs is 8. The maximum Gasteiger partial charge on any atom is 0.301 e. The summed E-state index contributed by atoms with van der Waals surface area (Å²) in [6.45, 7) is 0. The summed E-state index contributed by atoms with van der Waals surface area (Å²) in [6, 6.07) is 49.5. The predicted molar refractivity (Wildman–Crippen MR) is 216 cm³/mol. The Labute approximate surface area is 310 Å². The van der Waals surface area contributed by atoms with Crippen LogP contribution in [-0.2, 0) is 0 Å². The molecule has 0 amide bonds. The summed E-state index contributed by atoms with van der Waals surface area (Å²) in [7, 11) is 0. The van der Waals surface area contributed by atoms with E-state index in [-0.39, 0.29) is 23.4 Å². The number of hydrogen-bond donors (Lipinski definition) is 2. The molecule has 9 rings (SSSR count). The molecule has 8 heteroatoms. The lowest BCUT2D eigenvalue weighted by molar-refractivity contribution is -0.374. The van der Waals surface area contributed by atoms with Gasteiger partial charge in [-0.05, 0) is 58.7 Å². The van der Waals surface area contributed by atoms with E-state index in [0.717, 1.165) is 55.8 Å². The molecule has 8 bridgehead atoms. The SMILES string of the molecule is N#CCC1=C([N+](=O)[O-])c2nc1c(-c1ccccc1)c1ccc([nH]1)c(-c1ccccc1)c1nc(c(-c3ccccc3)c3ccc([nH]3)c2-c2ccccc2)C=C1. The van der Waals surface area contributed by atoms with Gasteiger partial charge in [0.15, 0.2) is 5.69 Å². The van der Waals surface area contributed by atoms with E-state index in [2.05, 4.69) is 40.3 Å². The van der Waals surface area contributed by atoms with E-state index < -0.39 is 4.92 Å². The van der Waals surface area contributed by atoms with Gasteiger partial charge < -0.3 is 9.97 Å². The Hall–Kier alpha value is -7.63. The first-order valence-corrected chi connectivity index (χ1v) is 17.5. The highest BCUT2D eigenvalue weighted by molar-refractivity contribution is 6.04. The molecule has 0 unspecified atom stereocenters. The standard InChI is InChI=1S/C46H30N6O2/c47-28-27-33-44-42(31-17-9-3-10-18-31)38-25-23-36(49-38)40(29-13-5-1-6-14-29)34-21-22-35(48-34)41(30-15-7-2-8-16-30)37-24-26-39(50-37)43(32-19-11-4-12-20-32)45(51-44)46(33)52(53)54/h1-26,49-50H,27H2. The van der Waals surface area contributed by atoms with Gasteiger partial charge in [0.25, 0.3) is 0 Å². The first-order valence-electron chi connectivity index (χ1n) is 17.5. The number of rotatable bonds is 6. The average Bonchev–Trinajstić information content (AvgIpc) is 4.04. The molecule has 0 aliphatic carbocycles. The quantitative estimate of drug-likeness (QED) is 0.132. The van der Waals surface area contributed by atoms with Crippen molar-refractivity contribution in [3.63, 3.8) is 0 Å². The van der Waals surface area contributed by atoms with Crippen LogP contribution in [0.5, 0.6) is 0 Å². The lowest BCUT2D eigenvalue weighted by Crippen LogP contribution is -2.00. The van der Waals surface area contributed by atoms with Crippen LogP contribution >= 0.6 is 0 Å². The van der Waals surface area contributed by atoms with Crippen molar-refractivity contribution in [1.29, 1.82) is 5.26 Å². The number of nitriles is 1. The van der Waals surface area contributed by atoms with Gasteiger partial charge in [-0.3, -0.25) is 10.1 Å². The van der Waals surface area contributed by atoms with E-state index in [9.17, 15) is 15.4 Å². The third kappa shape index (κ3) is 5.57. The van der Waals surface area contributed by atoms with Crippen molar-refractivity contribution in [2.45, 2.75) is 6.42 Å². The second-order valence-corrected chi connectivity index (χ2v) is 13.0. The molecule has 0 fully saturated rings. The molecule has 256 valence electrons. The van der Waals surface area contributed by atoms with Gasteiger partial charge in [0.1, 0.15) is 0 Å². The van der Waals surface area contributed by atoms with Crippen molar-refractivity contribution in [3.05, 3.63) is 178 Å². The smallest absolute Gasteiger partial charge is 0.301 e. The minimum absolute atomic E-state index is 0.179. The van der Waals surface area contributed by atoms with E-state index >= 15 is 0 Å². The Morgan fingerprint density at radius 3 is 1.28 bits per heavy atom. The highest BCUT2D eigenvalue weighted by Crippen LogP contribution is 2.44. The third-order valence-corrected chi connectivity index (χ3v) is 9.78. The van der Waals surface area contributed by atoms with Gasteiger partial charge in [-0.1, -0.05) is 121 Å². The second kappa shape index (κ2) is 13.5. The molecule has 0 saturated carbocycles. The summed E-state index contributed by atoms with van der Waals surface area (Å²) in [5.41, 5.74) is 11.5. The molecule has 3 aromatic heterocycles. The van der Waals surface area contributed by atoms with Crippen molar-refractivity contribution in [2.75, 3.05) is 0 Å². The van der Waals surface area contributed by atoms with Crippen molar-refractivity contribution in [3.8, 4) is 50.6 Å². The van der Waals surface area contributed by atoms with E-state index in [1.54, 1.807) is 0 Å². The maximum atomic E-state index is 13.3. The van der Waals surface area contributed by atoms with Crippen LogP contribution in [0.15, 0.2) is 146 Å². The Morgan fingerprint density at radius 2 is 0.889 bits per heavy atom. The summed E-state index contributed by atoms with van der Waals surface area (Å²) >= 11 is 0. The van der Waals surface area contributed by atoms with E-state index in [1.807, 2.05) is 133 Å². The van der Waals surface area contributed by atoms with Gasteiger partial charge in [0.2, 0.25) is 0 Å². The van der Waals surface area contributed by atoms with Crippen LogP contribution in [0.4, 0.5) is 0 Å². The van der Waals surface area contributed by atoms with Crippen LogP contribution in [0, 0.1) is 21.4 Å². The summed E-state index contributed by atoms with van der Waals surface area (Å²) in [5.74, 6) is 0. The molecule has 2 aliphatic rings. The number of aromatic nitrogens is 4. The number of benzene rings is 4. The normalized spacial score (nSPS) is 12.1. The highest BCUT2D eigenvalue weighted by atomic mass is 16.6. The number of aromatic amines is 2. The molecule has 0 atom stereocenters. The minimum atomic E-state index is -0.403.